The van der Waals surface area contributed by atoms with Gasteiger partial charge in [0.05, 0.1) is 17.6 Å². The molecule has 43 heavy (non-hydrogen) atoms. The van der Waals surface area contributed by atoms with Crippen molar-refractivity contribution in [1.82, 2.24) is 10.2 Å². The van der Waals surface area contributed by atoms with E-state index in [0.29, 0.717) is 16.9 Å². The molecule has 0 bridgehead atoms. The lowest BCUT2D eigenvalue weighted by Crippen LogP contribution is -2.70. The summed E-state index contributed by atoms with van der Waals surface area (Å²) in [7, 11) is 0. The summed E-state index contributed by atoms with van der Waals surface area (Å²) in [6, 6.07) is 20.4. The van der Waals surface area contributed by atoms with Gasteiger partial charge in [-0.25, -0.2) is 4.79 Å². The number of β-lactam (4-membered cyclic amide) rings is 1. The van der Waals surface area contributed by atoms with Crippen LogP contribution in [0.3, 0.4) is 0 Å². The zero-order chi connectivity index (χ0) is 30.3. The lowest BCUT2D eigenvalue weighted by Gasteiger charge is -2.50. The van der Waals surface area contributed by atoms with Gasteiger partial charge < -0.3 is 23.9 Å². The number of rotatable bonds is 11. The summed E-state index contributed by atoms with van der Waals surface area (Å²) >= 11 is 1.06. The van der Waals surface area contributed by atoms with Crippen molar-refractivity contribution in [2.45, 2.75) is 30.9 Å². The summed E-state index contributed by atoms with van der Waals surface area (Å²) in [6.07, 6.45) is 1.59. The SMILES string of the molecule is CC(=O)OCC1=C(C(=O)OC(c2ccccc2)c2ccccc2)N2C(=O)C(NC(=O)Cc3ccco3)[C@H]2S/C1=C/OC=O. The first-order valence-corrected chi connectivity index (χ1v) is 14.0. The van der Waals surface area contributed by atoms with Crippen LogP contribution in [0.4, 0.5) is 0 Å². The Bertz CT molecular complexity index is 1530. The topological polar surface area (TPSA) is 141 Å². The highest BCUT2D eigenvalue weighted by atomic mass is 32.2. The van der Waals surface area contributed by atoms with Crippen LogP contribution in [-0.2, 0) is 44.6 Å². The minimum atomic E-state index is -1.01. The van der Waals surface area contributed by atoms with Gasteiger partial charge in [0.2, 0.25) is 5.91 Å². The molecule has 2 amide bonds. The maximum atomic E-state index is 14.0. The van der Waals surface area contributed by atoms with E-state index < -0.39 is 47.9 Å². The number of esters is 2. The Morgan fingerprint density at radius 3 is 2.28 bits per heavy atom. The number of benzene rings is 2. The van der Waals surface area contributed by atoms with Gasteiger partial charge in [0.15, 0.2) is 6.10 Å². The van der Waals surface area contributed by atoms with Crippen molar-refractivity contribution < 1.29 is 42.6 Å². The summed E-state index contributed by atoms with van der Waals surface area (Å²) in [4.78, 5) is 64.5. The highest BCUT2D eigenvalue weighted by Crippen LogP contribution is 2.47. The second kappa shape index (κ2) is 13.3. The van der Waals surface area contributed by atoms with Gasteiger partial charge in [-0.2, -0.15) is 0 Å². The van der Waals surface area contributed by atoms with Crippen LogP contribution < -0.4 is 5.32 Å². The van der Waals surface area contributed by atoms with Gasteiger partial charge in [-0.1, -0.05) is 72.4 Å². The van der Waals surface area contributed by atoms with Crippen molar-refractivity contribution >= 4 is 42.0 Å². The van der Waals surface area contributed by atoms with E-state index in [-0.39, 0.29) is 29.1 Å². The van der Waals surface area contributed by atoms with Crippen LogP contribution in [0, 0.1) is 0 Å². The molecule has 0 aliphatic carbocycles. The number of thioether (sulfide) groups is 1. The summed E-state index contributed by atoms with van der Waals surface area (Å²) in [5, 5.41) is 1.90. The lowest BCUT2D eigenvalue weighted by molar-refractivity contribution is -0.155. The van der Waals surface area contributed by atoms with E-state index in [0.717, 1.165) is 18.0 Å². The molecule has 3 heterocycles. The van der Waals surface area contributed by atoms with E-state index >= 15 is 0 Å². The van der Waals surface area contributed by atoms with Gasteiger partial charge in [-0.15, -0.1) is 0 Å². The van der Waals surface area contributed by atoms with Gasteiger partial charge in [-0.05, 0) is 23.3 Å². The van der Waals surface area contributed by atoms with Gasteiger partial charge in [-0.3, -0.25) is 24.1 Å². The summed E-state index contributed by atoms with van der Waals surface area (Å²) < 4.78 is 21.4. The second-order valence-electron chi connectivity index (χ2n) is 9.45. The molecule has 2 atom stereocenters. The number of hydrogen-bond acceptors (Lipinski definition) is 10. The molecule has 5 rings (SSSR count). The normalized spacial score (nSPS) is 18.5. The Kier molecular flexibility index (Phi) is 9.06. The quantitative estimate of drug-likeness (QED) is 0.114. The van der Waals surface area contributed by atoms with E-state index in [1.807, 2.05) is 36.4 Å². The third-order valence-electron chi connectivity index (χ3n) is 6.62. The highest BCUT2D eigenvalue weighted by molar-refractivity contribution is 8.04. The average Bonchev–Trinajstić information content (AvgIpc) is 3.53. The number of fused-ring (bicyclic) bond motifs is 1. The first kappa shape index (κ1) is 29.4. The van der Waals surface area contributed by atoms with Gasteiger partial charge in [0.25, 0.3) is 12.4 Å². The number of hydrogen-bond donors (Lipinski definition) is 1. The molecule has 1 saturated heterocycles. The van der Waals surface area contributed by atoms with Crippen LogP contribution >= 0.6 is 11.8 Å². The first-order valence-electron chi connectivity index (χ1n) is 13.2. The average molecular weight is 603 g/mol. The predicted molar refractivity (Wildman–Crippen MR) is 152 cm³/mol. The molecule has 1 N–H and O–H groups in total. The number of carbonyl (C=O) groups excluding carboxylic acids is 5. The molecule has 0 radical (unpaired) electrons. The van der Waals surface area contributed by atoms with Crippen molar-refractivity contribution in [2.75, 3.05) is 6.61 Å². The third-order valence-corrected chi connectivity index (χ3v) is 7.94. The smallest absolute Gasteiger partial charge is 0.356 e. The van der Waals surface area contributed by atoms with Crippen LogP contribution in [0.1, 0.15) is 29.9 Å². The number of nitrogens with one attached hydrogen (secondary N) is 1. The predicted octanol–water partition coefficient (Wildman–Crippen LogP) is 3.39. The third kappa shape index (κ3) is 6.54. The Hall–Kier alpha value is -5.10. The molecule has 2 aliphatic rings. The summed E-state index contributed by atoms with van der Waals surface area (Å²) in [5.41, 5.74) is 1.29. The monoisotopic (exact) mass is 602 g/mol. The molecule has 2 aromatic carbocycles. The fraction of sp³-hybridized carbons (Fsp3) is 0.194. The molecule has 0 saturated carbocycles. The fourth-order valence-electron chi connectivity index (χ4n) is 4.68. The molecule has 0 spiro atoms. The molecule has 1 fully saturated rings. The molecule has 1 unspecified atom stereocenters. The molecule has 3 aromatic rings. The van der Waals surface area contributed by atoms with E-state index in [1.165, 1.54) is 18.1 Å². The maximum absolute atomic E-state index is 14.0. The highest BCUT2D eigenvalue weighted by Gasteiger charge is 2.56. The van der Waals surface area contributed by atoms with Crippen molar-refractivity contribution in [2.24, 2.45) is 0 Å². The van der Waals surface area contributed by atoms with Crippen LogP contribution in [0.25, 0.3) is 0 Å². The number of carbonyl (C=O) groups is 5. The molecular weight excluding hydrogens is 576 g/mol. The van der Waals surface area contributed by atoms with Crippen molar-refractivity contribution in [3.8, 4) is 0 Å². The van der Waals surface area contributed by atoms with Crippen LogP contribution in [-0.4, -0.2) is 53.1 Å². The Balaban J connectivity index is 1.51. The number of nitrogens with zero attached hydrogens (tertiary/aromatic N) is 1. The standard InChI is InChI=1S/C31H26N2O9S/c1-19(35)41-16-23-24(17-39-18-34)43-30-26(32-25(36)15-22-13-8-14-40-22)29(37)33(30)27(23)31(38)42-28(20-9-4-2-5-10-20)21-11-6-3-7-12-21/h2-14,17-18,26,28,30H,15-16H2,1H3,(H,32,36)/b24-17+/t26?,30-/m1/s1. The number of amides is 2. The summed E-state index contributed by atoms with van der Waals surface area (Å²) in [5.74, 6) is -2.12. The molecule has 12 heteroatoms. The van der Waals surface area contributed by atoms with Gasteiger partial charge >= 0.3 is 11.9 Å². The van der Waals surface area contributed by atoms with Crippen molar-refractivity contribution in [3.63, 3.8) is 0 Å². The minimum Gasteiger partial charge on any atom is -0.469 e. The first-order chi connectivity index (χ1) is 20.9. The molecule has 1 aromatic heterocycles. The largest absolute Gasteiger partial charge is 0.469 e. The zero-order valence-corrected chi connectivity index (χ0v) is 23.7. The van der Waals surface area contributed by atoms with Crippen molar-refractivity contribution in [3.05, 3.63) is 118 Å². The molecule has 220 valence electrons. The van der Waals surface area contributed by atoms with Gasteiger partial charge in [0, 0.05) is 12.5 Å². The molecule has 2 aliphatic heterocycles. The Morgan fingerprint density at radius 2 is 1.70 bits per heavy atom. The minimum absolute atomic E-state index is 0.0939. The maximum Gasteiger partial charge on any atom is 0.356 e. The Labute approximate surface area is 250 Å². The molecular formula is C31H26N2O9S. The number of furan rings is 1. The van der Waals surface area contributed by atoms with E-state index in [9.17, 15) is 24.0 Å². The van der Waals surface area contributed by atoms with E-state index in [2.05, 4.69) is 5.32 Å². The van der Waals surface area contributed by atoms with Crippen LogP contribution in [0.5, 0.6) is 0 Å². The Morgan fingerprint density at radius 1 is 1.02 bits per heavy atom. The fourth-order valence-corrected chi connectivity index (χ4v) is 5.99. The van der Waals surface area contributed by atoms with E-state index in [1.54, 1.807) is 36.4 Å². The van der Waals surface area contributed by atoms with Gasteiger partial charge in [0.1, 0.15) is 35.7 Å². The second-order valence-corrected chi connectivity index (χ2v) is 10.6. The van der Waals surface area contributed by atoms with E-state index in [4.69, 9.17) is 18.6 Å². The zero-order valence-electron chi connectivity index (χ0n) is 22.8. The molecule has 11 nitrogen and oxygen atoms in total. The number of ether oxygens (including phenoxy) is 3. The van der Waals surface area contributed by atoms with Crippen LogP contribution in [0.2, 0.25) is 0 Å². The van der Waals surface area contributed by atoms with Crippen LogP contribution in [0.15, 0.2) is 106 Å². The summed E-state index contributed by atoms with van der Waals surface area (Å²) in [6.45, 7) is 0.980. The lowest BCUT2D eigenvalue weighted by atomic mass is 10.00. The van der Waals surface area contributed by atoms with Crippen molar-refractivity contribution in [1.29, 1.82) is 0 Å².